The number of nitrogens with two attached hydrogens (primary N) is 1. The Morgan fingerprint density at radius 2 is 1.95 bits per heavy atom. The summed E-state index contributed by atoms with van der Waals surface area (Å²) in [5.41, 5.74) is 7.95. The highest BCUT2D eigenvalue weighted by molar-refractivity contribution is 5.72. The fourth-order valence-electron chi connectivity index (χ4n) is 1.68. The van der Waals surface area contributed by atoms with E-state index in [2.05, 4.69) is 4.98 Å². The van der Waals surface area contributed by atoms with Crippen LogP contribution in [0, 0.1) is 6.92 Å². The molecule has 0 fully saturated rings. The number of nitrogen functional groups attached to an aromatic ring is 1. The lowest BCUT2D eigenvalue weighted by Crippen LogP contribution is -2.19. The van der Waals surface area contributed by atoms with E-state index in [9.17, 15) is 13.2 Å². The van der Waals surface area contributed by atoms with Crippen molar-refractivity contribution in [3.05, 3.63) is 42.2 Å². The standard InChI is InChI=1S/C14H13F3N2O/c1-9-2-3-10(7-19-9)12-5-4-11(18)6-13(12)20-8-14(15,16)17/h2-7H,8,18H2,1H3. The number of benzene rings is 1. The van der Waals surface area contributed by atoms with Gasteiger partial charge in [0.25, 0.3) is 0 Å². The van der Waals surface area contributed by atoms with E-state index in [1.54, 1.807) is 30.5 Å². The molecule has 20 heavy (non-hydrogen) atoms. The van der Waals surface area contributed by atoms with Gasteiger partial charge in [-0.2, -0.15) is 13.2 Å². The van der Waals surface area contributed by atoms with Crippen LogP contribution in [-0.2, 0) is 0 Å². The van der Waals surface area contributed by atoms with Gasteiger partial charge in [-0.25, -0.2) is 0 Å². The molecule has 2 aromatic rings. The Labute approximate surface area is 114 Å². The second kappa shape index (κ2) is 5.40. The van der Waals surface area contributed by atoms with Crippen molar-refractivity contribution in [1.82, 2.24) is 4.98 Å². The summed E-state index contributed by atoms with van der Waals surface area (Å²) >= 11 is 0. The van der Waals surface area contributed by atoms with Crippen molar-refractivity contribution in [1.29, 1.82) is 0 Å². The van der Waals surface area contributed by atoms with Gasteiger partial charge in [0, 0.05) is 34.8 Å². The smallest absolute Gasteiger partial charge is 0.422 e. The number of rotatable bonds is 3. The molecule has 2 N–H and O–H groups in total. The third-order valence-electron chi connectivity index (χ3n) is 2.62. The maximum absolute atomic E-state index is 12.3. The van der Waals surface area contributed by atoms with E-state index in [0.717, 1.165) is 5.69 Å². The quantitative estimate of drug-likeness (QED) is 0.875. The predicted octanol–water partition coefficient (Wildman–Crippen LogP) is 3.58. The average Bonchev–Trinajstić information content (AvgIpc) is 2.37. The van der Waals surface area contributed by atoms with E-state index >= 15 is 0 Å². The Kier molecular flexibility index (Phi) is 3.83. The van der Waals surface area contributed by atoms with E-state index < -0.39 is 12.8 Å². The van der Waals surface area contributed by atoms with Crippen LogP contribution in [0.5, 0.6) is 5.75 Å². The molecule has 0 atom stereocenters. The minimum atomic E-state index is -4.40. The van der Waals surface area contributed by atoms with Gasteiger partial charge in [0.05, 0.1) is 0 Å². The van der Waals surface area contributed by atoms with Gasteiger partial charge in [-0.3, -0.25) is 4.98 Å². The van der Waals surface area contributed by atoms with E-state index in [1.165, 1.54) is 6.07 Å². The van der Waals surface area contributed by atoms with Crippen LogP contribution in [0.1, 0.15) is 5.69 Å². The zero-order valence-electron chi connectivity index (χ0n) is 10.7. The number of ether oxygens (including phenoxy) is 1. The topological polar surface area (TPSA) is 48.1 Å². The van der Waals surface area contributed by atoms with Crippen LogP contribution < -0.4 is 10.5 Å². The summed E-state index contributed by atoms with van der Waals surface area (Å²) in [6.07, 6.45) is -2.81. The molecule has 1 aromatic carbocycles. The summed E-state index contributed by atoms with van der Waals surface area (Å²) in [5.74, 6) is 0.0907. The van der Waals surface area contributed by atoms with Crippen LogP contribution >= 0.6 is 0 Å². The number of hydrogen-bond donors (Lipinski definition) is 1. The highest BCUT2D eigenvalue weighted by Crippen LogP contribution is 2.32. The minimum Gasteiger partial charge on any atom is -0.483 e. The highest BCUT2D eigenvalue weighted by atomic mass is 19.4. The van der Waals surface area contributed by atoms with Gasteiger partial charge >= 0.3 is 6.18 Å². The van der Waals surface area contributed by atoms with Crippen molar-refractivity contribution in [3.8, 4) is 16.9 Å². The van der Waals surface area contributed by atoms with Gasteiger partial charge in [-0.1, -0.05) is 6.07 Å². The van der Waals surface area contributed by atoms with Gasteiger partial charge < -0.3 is 10.5 Å². The van der Waals surface area contributed by atoms with Crippen molar-refractivity contribution in [2.45, 2.75) is 13.1 Å². The largest absolute Gasteiger partial charge is 0.483 e. The number of aryl methyl sites for hydroxylation is 1. The molecule has 0 saturated heterocycles. The van der Waals surface area contributed by atoms with Crippen LogP contribution in [0.4, 0.5) is 18.9 Å². The summed E-state index contributed by atoms with van der Waals surface area (Å²) in [4.78, 5) is 4.12. The van der Waals surface area contributed by atoms with E-state index in [-0.39, 0.29) is 5.75 Å². The summed E-state index contributed by atoms with van der Waals surface area (Å²) in [6, 6.07) is 8.15. The van der Waals surface area contributed by atoms with E-state index in [1.807, 2.05) is 6.92 Å². The van der Waals surface area contributed by atoms with Crippen molar-refractivity contribution >= 4 is 5.69 Å². The molecule has 2 rings (SSSR count). The first-order valence-corrected chi connectivity index (χ1v) is 5.87. The van der Waals surface area contributed by atoms with Gasteiger partial charge in [-0.05, 0) is 25.1 Å². The molecule has 0 amide bonds. The van der Waals surface area contributed by atoms with Crippen molar-refractivity contribution < 1.29 is 17.9 Å². The molecular formula is C14H13F3N2O. The maximum Gasteiger partial charge on any atom is 0.422 e. The molecule has 1 heterocycles. The van der Waals surface area contributed by atoms with Crippen LogP contribution in [0.25, 0.3) is 11.1 Å². The summed E-state index contributed by atoms with van der Waals surface area (Å²) in [7, 11) is 0. The van der Waals surface area contributed by atoms with Crippen LogP contribution in [0.3, 0.4) is 0 Å². The van der Waals surface area contributed by atoms with Gasteiger partial charge in [0.15, 0.2) is 6.61 Å². The Morgan fingerprint density at radius 1 is 1.20 bits per heavy atom. The number of nitrogens with zero attached hydrogens (tertiary/aromatic N) is 1. The Morgan fingerprint density at radius 3 is 2.55 bits per heavy atom. The SMILES string of the molecule is Cc1ccc(-c2ccc(N)cc2OCC(F)(F)F)cn1. The zero-order valence-corrected chi connectivity index (χ0v) is 10.7. The first-order chi connectivity index (χ1) is 9.35. The lowest BCUT2D eigenvalue weighted by molar-refractivity contribution is -0.153. The first kappa shape index (κ1) is 14.2. The fourth-order valence-corrected chi connectivity index (χ4v) is 1.68. The molecule has 106 valence electrons. The molecule has 1 aromatic heterocycles. The molecule has 6 heteroatoms. The molecule has 0 aliphatic heterocycles. The molecule has 0 bridgehead atoms. The van der Waals surface area contributed by atoms with E-state index in [0.29, 0.717) is 16.8 Å². The number of alkyl halides is 3. The molecule has 0 radical (unpaired) electrons. The monoisotopic (exact) mass is 282 g/mol. The summed E-state index contributed by atoms with van der Waals surface area (Å²) in [5, 5.41) is 0. The van der Waals surface area contributed by atoms with Gasteiger partial charge in [0.2, 0.25) is 0 Å². The zero-order chi connectivity index (χ0) is 14.8. The number of hydrogen-bond acceptors (Lipinski definition) is 3. The molecular weight excluding hydrogens is 269 g/mol. The number of pyridine rings is 1. The average molecular weight is 282 g/mol. The Balaban J connectivity index is 2.35. The molecule has 0 saturated carbocycles. The summed E-state index contributed by atoms with van der Waals surface area (Å²) < 4.78 is 41.6. The van der Waals surface area contributed by atoms with Crippen molar-refractivity contribution in [2.24, 2.45) is 0 Å². The normalized spacial score (nSPS) is 11.4. The second-order valence-corrected chi connectivity index (χ2v) is 4.35. The maximum atomic E-state index is 12.3. The molecule has 0 aliphatic carbocycles. The molecule has 0 unspecified atom stereocenters. The van der Waals surface area contributed by atoms with Gasteiger partial charge in [-0.15, -0.1) is 0 Å². The lowest BCUT2D eigenvalue weighted by Gasteiger charge is -2.14. The van der Waals surface area contributed by atoms with Crippen LogP contribution in [0.15, 0.2) is 36.5 Å². The fraction of sp³-hybridized carbons (Fsp3) is 0.214. The first-order valence-electron chi connectivity index (χ1n) is 5.87. The minimum absolute atomic E-state index is 0.0907. The van der Waals surface area contributed by atoms with Crippen molar-refractivity contribution in [3.63, 3.8) is 0 Å². The Hall–Kier alpha value is -2.24. The third-order valence-corrected chi connectivity index (χ3v) is 2.62. The van der Waals surface area contributed by atoms with Crippen molar-refractivity contribution in [2.75, 3.05) is 12.3 Å². The highest BCUT2D eigenvalue weighted by Gasteiger charge is 2.29. The Bertz CT molecular complexity index is 594. The lowest BCUT2D eigenvalue weighted by atomic mass is 10.1. The predicted molar refractivity (Wildman–Crippen MR) is 70.4 cm³/mol. The molecule has 0 spiro atoms. The molecule has 3 nitrogen and oxygen atoms in total. The second-order valence-electron chi connectivity index (χ2n) is 4.35. The van der Waals surface area contributed by atoms with Gasteiger partial charge in [0.1, 0.15) is 5.75 Å². The number of halogens is 3. The van der Waals surface area contributed by atoms with Crippen LogP contribution in [-0.4, -0.2) is 17.8 Å². The molecule has 0 aliphatic rings. The summed E-state index contributed by atoms with van der Waals surface area (Å²) in [6.45, 7) is 0.469. The number of aromatic nitrogens is 1. The third kappa shape index (κ3) is 3.63. The van der Waals surface area contributed by atoms with Crippen LogP contribution in [0.2, 0.25) is 0 Å². The van der Waals surface area contributed by atoms with E-state index in [4.69, 9.17) is 10.5 Å². The number of anilines is 1.